The molecule has 10 heteroatoms. The Morgan fingerprint density at radius 2 is 2.00 bits per heavy atom. The molecule has 0 saturated carbocycles. The van der Waals surface area contributed by atoms with Crippen LogP contribution in [0, 0.1) is 27.9 Å². The van der Waals surface area contributed by atoms with Crippen molar-refractivity contribution < 1.29 is 28.8 Å². The SMILES string of the molecule is CCC1=C2[C@@H](CC/C(=C/c3ccc(CO)o3)c3ccccn3)OC[C@@H]2[C@@H]2C(=O)N(c3cccc([N+](=O)[O-])c3)C(=O)[C@@H]2C1. The van der Waals surface area contributed by atoms with Crippen molar-refractivity contribution in [3.05, 3.63) is 99.3 Å². The molecule has 0 radical (unpaired) electrons. The maximum absolute atomic E-state index is 13.8. The lowest BCUT2D eigenvalue weighted by molar-refractivity contribution is -0.384. The topological polar surface area (TPSA) is 136 Å². The fourth-order valence-corrected chi connectivity index (χ4v) is 6.65. The first kappa shape index (κ1) is 27.7. The van der Waals surface area contributed by atoms with Crippen molar-refractivity contribution in [2.24, 2.45) is 17.8 Å². The van der Waals surface area contributed by atoms with Gasteiger partial charge in [0, 0.05) is 24.2 Å². The molecule has 216 valence electrons. The molecular formula is C32H31N3O7. The number of anilines is 1. The van der Waals surface area contributed by atoms with Gasteiger partial charge < -0.3 is 14.3 Å². The van der Waals surface area contributed by atoms with Crippen LogP contribution in [0.3, 0.4) is 0 Å². The summed E-state index contributed by atoms with van der Waals surface area (Å²) in [5, 5.41) is 20.7. The third-order valence-electron chi connectivity index (χ3n) is 8.56. The second-order valence-corrected chi connectivity index (χ2v) is 10.9. The lowest BCUT2D eigenvalue weighted by atomic mass is 9.69. The van der Waals surface area contributed by atoms with Gasteiger partial charge in [-0.1, -0.05) is 24.6 Å². The van der Waals surface area contributed by atoms with Gasteiger partial charge in [-0.3, -0.25) is 24.7 Å². The van der Waals surface area contributed by atoms with E-state index in [9.17, 15) is 24.8 Å². The highest BCUT2D eigenvalue weighted by molar-refractivity contribution is 6.22. The van der Waals surface area contributed by atoms with Crippen LogP contribution in [-0.4, -0.2) is 39.5 Å². The molecule has 0 spiro atoms. The molecule has 42 heavy (non-hydrogen) atoms. The lowest BCUT2D eigenvalue weighted by Gasteiger charge is -2.31. The summed E-state index contributed by atoms with van der Waals surface area (Å²) in [5.41, 5.74) is 4.09. The number of rotatable bonds is 9. The van der Waals surface area contributed by atoms with Gasteiger partial charge in [-0.25, -0.2) is 4.90 Å². The second-order valence-electron chi connectivity index (χ2n) is 10.9. The van der Waals surface area contributed by atoms with Gasteiger partial charge in [0.2, 0.25) is 11.8 Å². The summed E-state index contributed by atoms with van der Waals surface area (Å²) in [7, 11) is 0. The van der Waals surface area contributed by atoms with E-state index >= 15 is 0 Å². The molecule has 4 heterocycles. The Bertz CT molecular complexity index is 1590. The number of nitrogens with zero attached hydrogens (tertiary/aromatic N) is 3. The maximum Gasteiger partial charge on any atom is 0.271 e. The number of ether oxygens (including phenoxy) is 1. The number of aromatic nitrogens is 1. The molecule has 6 rings (SSSR count). The van der Waals surface area contributed by atoms with Crippen LogP contribution in [0.1, 0.15) is 49.8 Å². The molecule has 1 aliphatic carbocycles. The molecular weight excluding hydrogens is 538 g/mol. The van der Waals surface area contributed by atoms with Gasteiger partial charge >= 0.3 is 0 Å². The van der Waals surface area contributed by atoms with Crippen molar-refractivity contribution in [3.8, 4) is 0 Å². The summed E-state index contributed by atoms with van der Waals surface area (Å²) in [6.45, 7) is 2.22. The largest absolute Gasteiger partial charge is 0.459 e. The monoisotopic (exact) mass is 569 g/mol. The quantitative estimate of drug-likeness (QED) is 0.158. The fraction of sp³-hybridized carbons (Fsp3) is 0.344. The molecule has 2 saturated heterocycles. The molecule has 2 amide bonds. The van der Waals surface area contributed by atoms with E-state index in [1.54, 1.807) is 18.3 Å². The number of amides is 2. The van der Waals surface area contributed by atoms with Crippen LogP contribution in [0.15, 0.2) is 76.4 Å². The van der Waals surface area contributed by atoms with E-state index in [1.165, 1.54) is 18.2 Å². The number of hydrogen-bond acceptors (Lipinski definition) is 8. The number of imide groups is 1. The number of aliphatic hydroxyl groups excluding tert-OH is 1. The fourth-order valence-electron chi connectivity index (χ4n) is 6.65. The number of pyridine rings is 1. The van der Waals surface area contributed by atoms with Crippen molar-refractivity contribution in [2.75, 3.05) is 11.5 Å². The first-order chi connectivity index (χ1) is 20.4. The molecule has 0 unspecified atom stereocenters. The number of furan rings is 1. The van der Waals surface area contributed by atoms with Crippen LogP contribution in [0.25, 0.3) is 11.6 Å². The Morgan fingerprint density at radius 3 is 2.71 bits per heavy atom. The number of carbonyl (C=O) groups is 2. The standard InChI is InChI=1S/C32H31N3O7/c1-2-19-15-25-30(32(38)34(31(25)37)21-6-5-7-22(16-21)35(39)40)26-18-41-28(29(19)26)12-9-20(27-8-3-4-13-33-27)14-23-10-11-24(17-36)42-23/h3-8,10-11,13-14,16,25-26,28,30,36H,2,9,12,15,17-18H2,1H3/b20-14-/t25-,26+,28-,30-/m1/s1. The Labute approximate surface area is 242 Å². The molecule has 2 fully saturated rings. The zero-order valence-electron chi connectivity index (χ0n) is 23.1. The number of benzene rings is 1. The van der Waals surface area contributed by atoms with Crippen LogP contribution in [-0.2, 0) is 20.9 Å². The van der Waals surface area contributed by atoms with Gasteiger partial charge in [-0.05, 0) is 73.2 Å². The van der Waals surface area contributed by atoms with Crippen molar-refractivity contribution in [2.45, 2.75) is 45.3 Å². The van der Waals surface area contributed by atoms with Gasteiger partial charge in [0.15, 0.2) is 0 Å². The molecule has 0 bridgehead atoms. The third kappa shape index (κ3) is 4.97. The van der Waals surface area contributed by atoms with Crippen molar-refractivity contribution in [1.29, 1.82) is 0 Å². The first-order valence-electron chi connectivity index (χ1n) is 14.2. The van der Waals surface area contributed by atoms with E-state index in [0.717, 1.165) is 33.7 Å². The molecule has 2 aliphatic heterocycles. The molecule has 4 atom stereocenters. The van der Waals surface area contributed by atoms with Gasteiger partial charge in [0.05, 0.1) is 40.9 Å². The van der Waals surface area contributed by atoms with Crippen molar-refractivity contribution >= 4 is 34.8 Å². The second kappa shape index (κ2) is 11.5. The van der Waals surface area contributed by atoms with E-state index in [-0.39, 0.29) is 41.8 Å². The zero-order valence-corrected chi connectivity index (χ0v) is 23.1. The number of fused-ring (bicyclic) bond motifs is 3. The number of allylic oxidation sites excluding steroid dienone is 2. The summed E-state index contributed by atoms with van der Waals surface area (Å²) in [6.07, 6.45) is 5.95. The smallest absolute Gasteiger partial charge is 0.271 e. The van der Waals surface area contributed by atoms with Gasteiger partial charge in [0.1, 0.15) is 18.1 Å². The first-order valence-corrected chi connectivity index (χ1v) is 14.2. The number of non-ortho nitro benzene ring substituents is 1. The minimum Gasteiger partial charge on any atom is -0.459 e. The van der Waals surface area contributed by atoms with E-state index in [0.29, 0.717) is 37.4 Å². The van der Waals surface area contributed by atoms with E-state index < -0.39 is 16.8 Å². The van der Waals surface area contributed by atoms with Crippen LogP contribution in [0.4, 0.5) is 11.4 Å². The van der Waals surface area contributed by atoms with E-state index in [2.05, 4.69) is 11.9 Å². The minimum atomic E-state index is -0.558. The molecule has 1 aromatic carbocycles. The third-order valence-corrected chi connectivity index (χ3v) is 8.56. The summed E-state index contributed by atoms with van der Waals surface area (Å²) in [4.78, 5) is 43.8. The maximum atomic E-state index is 13.8. The Balaban J connectivity index is 1.26. The van der Waals surface area contributed by atoms with Crippen LogP contribution in [0.5, 0.6) is 0 Å². The van der Waals surface area contributed by atoms with Crippen molar-refractivity contribution in [3.63, 3.8) is 0 Å². The Kier molecular flexibility index (Phi) is 7.57. The number of nitro groups is 1. The molecule has 1 N–H and O–H groups in total. The van der Waals surface area contributed by atoms with Crippen LogP contribution in [0.2, 0.25) is 0 Å². The highest BCUT2D eigenvalue weighted by atomic mass is 16.6. The molecule has 2 aromatic heterocycles. The number of nitro benzene ring substituents is 1. The molecule has 10 nitrogen and oxygen atoms in total. The summed E-state index contributed by atoms with van der Waals surface area (Å²) in [5.74, 6) is -0.810. The average Bonchev–Trinajstić information content (AvgIpc) is 3.71. The highest BCUT2D eigenvalue weighted by Crippen LogP contribution is 2.51. The van der Waals surface area contributed by atoms with Crippen LogP contribution >= 0.6 is 0 Å². The number of hydrogen-bond donors (Lipinski definition) is 1. The lowest BCUT2D eigenvalue weighted by Crippen LogP contribution is -2.34. The molecule has 3 aromatic rings. The van der Waals surface area contributed by atoms with Crippen molar-refractivity contribution in [1.82, 2.24) is 4.98 Å². The normalized spacial score (nSPS) is 23.9. The Hall–Kier alpha value is -4.41. The van der Waals surface area contributed by atoms with Gasteiger partial charge in [-0.2, -0.15) is 0 Å². The zero-order chi connectivity index (χ0) is 29.4. The van der Waals surface area contributed by atoms with E-state index in [1.807, 2.05) is 30.3 Å². The summed E-state index contributed by atoms with van der Waals surface area (Å²) >= 11 is 0. The van der Waals surface area contributed by atoms with Gasteiger partial charge in [0.25, 0.3) is 5.69 Å². The number of aliphatic hydroxyl groups is 1. The molecule has 3 aliphatic rings. The highest BCUT2D eigenvalue weighted by Gasteiger charge is 2.57. The number of carbonyl (C=O) groups excluding carboxylic acids is 2. The predicted octanol–water partition coefficient (Wildman–Crippen LogP) is 5.33. The van der Waals surface area contributed by atoms with Gasteiger partial charge in [-0.15, -0.1) is 0 Å². The summed E-state index contributed by atoms with van der Waals surface area (Å²) < 4.78 is 12.0. The minimum absolute atomic E-state index is 0.167. The average molecular weight is 570 g/mol. The van der Waals surface area contributed by atoms with E-state index in [4.69, 9.17) is 9.15 Å². The summed E-state index contributed by atoms with van der Waals surface area (Å²) in [6, 6.07) is 15.0. The Morgan fingerprint density at radius 1 is 1.14 bits per heavy atom. The van der Waals surface area contributed by atoms with Crippen LogP contribution < -0.4 is 4.90 Å². The predicted molar refractivity (Wildman–Crippen MR) is 154 cm³/mol.